The lowest BCUT2D eigenvalue weighted by atomic mass is 9.90. The van der Waals surface area contributed by atoms with Gasteiger partial charge in [-0.1, -0.05) is 12.1 Å². The number of nitrogens with one attached hydrogen (secondary N) is 1. The summed E-state index contributed by atoms with van der Waals surface area (Å²) in [4.78, 5) is 24.2. The van der Waals surface area contributed by atoms with E-state index >= 15 is 0 Å². The maximum absolute atomic E-state index is 12.4. The van der Waals surface area contributed by atoms with Gasteiger partial charge < -0.3 is 9.88 Å². The monoisotopic (exact) mass is 321 g/mol. The van der Waals surface area contributed by atoms with Gasteiger partial charge in [0.05, 0.1) is 24.1 Å². The Balaban J connectivity index is 1.75. The SMILES string of the molecule is Cn1c2c(ccc1=O)[C@@H](NC(=O)Cc1cccc(C#N)c1)CCC2. The topological polar surface area (TPSA) is 74.9 Å². The van der Waals surface area contributed by atoms with Gasteiger partial charge >= 0.3 is 0 Å². The molecule has 1 amide bonds. The Kier molecular flexibility index (Phi) is 4.48. The number of carbonyl (C=O) groups excluding carboxylic acids is 1. The molecule has 1 N–H and O–H groups in total. The summed E-state index contributed by atoms with van der Waals surface area (Å²) in [5.41, 5.74) is 3.39. The first kappa shape index (κ1) is 16.0. The zero-order chi connectivity index (χ0) is 17.1. The van der Waals surface area contributed by atoms with Crippen molar-refractivity contribution in [2.45, 2.75) is 31.7 Å². The van der Waals surface area contributed by atoms with Gasteiger partial charge in [-0.15, -0.1) is 0 Å². The predicted octanol–water partition coefficient (Wildman–Crippen LogP) is 1.99. The molecule has 0 spiro atoms. The van der Waals surface area contributed by atoms with Crippen LogP contribution in [0.25, 0.3) is 0 Å². The van der Waals surface area contributed by atoms with Crippen molar-refractivity contribution in [1.29, 1.82) is 5.26 Å². The van der Waals surface area contributed by atoms with E-state index < -0.39 is 0 Å². The summed E-state index contributed by atoms with van der Waals surface area (Å²) in [6.07, 6.45) is 2.92. The van der Waals surface area contributed by atoms with Crippen molar-refractivity contribution in [3.8, 4) is 6.07 Å². The first-order valence-electron chi connectivity index (χ1n) is 8.05. The maximum atomic E-state index is 12.4. The number of pyridine rings is 1. The molecular formula is C19H19N3O2. The Bertz CT molecular complexity index is 877. The molecule has 1 aliphatic carbocycles. The number of nitriles is 1. The molecule has 0 saturated heterocycles. The molecule has 0 bridgehead atoms. The minimum atomic E-state index is -0.0724. The number of fused-ring (bicyclic) bond motifs is 1. The number of benzene rings is 1. The van der Waals surface area contributed by atoms with Crippen LogP contribution < -0.4 is 10.9 Å². The lowest BCUT2D eigenvalue weighted by molar-refractivity contribution is -0.121. The van der Waals surface area contributed by atoms with Gasteiger partial charge in [0.1, 0.15) is 0 Å². The third kappa shape index (κ3) is 3.23. The molecule has 0 unspecified atom stereocenters. The molecule has 5 nitrogen and oxygen atoms in total. The molecule has 2 aromatic rings. The highest BCUT2D eigenvalue weighted by molar-refractivity contribution is 5.79. The predicted molar refractivity (Wildman–Crippen MR) is 90.4 cm³/mol. The van der Waals surface area contributed by atoms with E-state index in [4.69, 9.17) is 5.26 Å². The Hall–Kier alpha value is -2.87. The second-order valence-corrected chi connectivity index (χ2v) is 6.13. The fourth-order valence-electron chi connectivity index (χ4n) is 3.29. The average Bonchev–Trinajstić information content (AvgIpc) is 2.58. The van der Waals surface area contributed by atoms with E-state index in [-0.39, 0.29) is 23.9 Å². The van der Waals surface area contributed by atoms with Crippen molar-refractivity contribution in [1.82, 2.24) is 9.88 Å². The molecule has 5 heteroatoms. The fourth-order valence-corrected chi connectivity index (χ4v) is 3.29. The van der Waals surface area contributed by atoms with Crippen LogP contribution in [-0.2, 0) is 24.7 Å². The summed E-state index contributed by atoms with van der Waals surface area (Å²) in [7, 11) is 1.78. The van der Waals surface area contributed by atoms with Crippen LogP contribution in [-0.4, -0.2) is 10.5 Å². The Morgan fingerprint density at radius 3 is 3.00 bits per heavy atom. The number of rotatable bonds is 3. The van der Waals surface area contributed by atoms with Gasteiger partial charge in [0, 0.05) is 18.8 Å². The van der Waals surface area contributed by atoms with Crippen molar-refractivity contribution in [2.24, 2.45) is 7.05 Å². The van der Waals surface area contributed by atoms with Gasteiger partial charge in [-0.05, 0) is 48.6 Å². The second-order valence-electron chi connectivity index (χ2n) is 6.13. The molecule has 0 aliphatic heterocycles. The minimum Gasteiger partial charge on any atom is -0.349 e. The zero-order valence-corrected chi connectivity index (χ0v) is 13.6. The number of hydrogen-bond acceptors (Lipinski definition) is 3. The average molecular weight is 321 g/mol. The van der Waals surface area contributed by atoms with E-state index in [9.17, 15) is 9.59 Å². The van der Waals surface area contributed by atoms with Crippen molar-refractivity contribution >= 4 is 5.91 Å². The first-order valence-corrected chi connectivity index (χ1v) is 8.05. The molecule has 0 fully saturated rings. The minimum absolute atomic E-state index is 0.0194. The quantitative estimate of drug-likeness (QED) is 0.939. The highest BCUT2D eigenvalue weighted by Gasteiger charge is 2.23. The van der Waals surface area contributed by atoms with Crippen molar-refractivity contribution < 1.29 is 4.79 Å². The van der Waals surface area contributed by atoms with Crippen LogP contribution in [0.4, 0.5) is 0 Å². The van der Waals surface area contributed by atoms with E-state index in [1.807, 2.05) is 12.1 Å². The normalized spacial score (nSPS) is 16.1. The first-order chi connectivity index (χ1) is 11.6. The van der Waals surface area contributed by atoms with Crippen molar-refractivity contribution in [2.75, 3.05) is 0 Å². The summed E-state index contributed by atoms with van der Waals surface area (Å²) in [5, 5.41) is 12.0. The number of carbonyl (C=O) groups is 1. The van der Waals surface area contributed by atoms with E-state index in [1.165, 1.54) is 0 Å². The summed E-state index contributed by atoms with van der Waals surface area (Å²) in [5.74, 6) is -0.0724. The standard InChI is InChI=1S/C19H19N3O2/c1-22-17-7-3-6-16(15(17)8-9-19(22)24)21-18(23)11-13-4-2-5-14(10-13)12-20/h2,4-5,8-10,16H,3,6-7,11H2,1H3,(H,21,23)/t16-/m0/s1. The molecular weight excluding hydrogens is 302 g/mol. The van der Waals surface area contributed by atoms with Crippen LogP contribution in [0, 0.1) is 11.3 Å². The molecule has 24 heavy (non-hydrogen) atoms. The molecule has 1 aliphatic rings. The highest BCUT2D eigenvalue weighted by atomic mass is 16.1. The van der Waals surface area contributed by atoms with Crippen molar-refractivity contribution in [3.05, 3.63) is 69.1 Å². The van der Waals surface area contributed by atoms with Gasteiger partial charge in [-0.25, -0.2) is 0 Å². The molecule has 1 heterocycles. The van der Waals surface area contributed by atoms with E-state index in [2.05, 4.69) is 11.4 Å². The third-order valence-electron chi connectivity index (χ3n) is 4.51. The van der Waals surface area contributed by atoms with Crippen molar-refractivity contribution in [3.63, 3.8) is 0 Å². The largest absolute Gasteiger partial charge is 0.349 e. The van der Waals surface area contributed by atoms with Crippen LogP contribution in [0.2, 0.25) is 0 Å². The molecule has 0 radical (unpaired) electrons. The van der Waals surface area contributed by atoms with Crippen LogP contribution in [0.3, 0.4) is 0 Å². The maximum Gasteiger partial charge on any atom is 0.250 e. The number of amides is 1. The lowest BCUT2D eigenvalue weighted by Crippen LogP contribution is -2.34. The number of nitrogens with zero attached hydrogens (tertiary/aromatic N) is 2. The van der Waals surface area contributed by atoms with E-state index in [0.29, 0.717) is 5.56 Å². The Labute approximate surface area is 140 Å². The molecule has 3 rings (SSSR count). The zero-order valence-electron chi connectivity index (χ0n) is 13.6. The van der Waals surface area contributed by atoms with Gasteiger partial charge in [-0.3, -0.25) is 9.59 Å². The lowest BCUT2D eigenvalue weighted by Gasteiger charge is -2.27. The highest BCUT2D eigenvalue weighted by Crippen LogP contribution is 2.28. The summed E-state index contributed by atoms with van der Waals surface area (Å²) >= 11 is 0. The summed E-state index contributed by atoms with van der Waals surface area (Å²) in [6.45, 7) is 0. The van der Waals surface area contributed by atoms with E-state index in [1.54, 1.807) is 35.9 Å². The van der Waals surface area contributed by atoms with Crippen LogP contribution in [0.5, 0.6) is 0 Å². The molecule has 122 valence electrons. The van der Waals surface area contributed by atoms with Gasteiger partial charge in [0.2, 0.25) is 11.5 Å². The molecule has 1 aromatic heterocycles. The van der Waals surface area contributed by atoms with Crippen LogP contribution in [0.15, 0.2) is 41.2 Å². The molecule has 0 saturated carbocycles. The van der Waals surface area contributed by atoms with Gasteiger partial charge in [0.15, 0.2) is 0 Å². The second kappa shape index (κ2) is 6.71. The number of aromatic nitrogens is 1. The van der Waals surface area contributed by atoms with Gasteiger partial charge in [0.25, 0.3) is 0 Å². The van der Waals surface area contributed by atoms with Gasteiger partial charge in [-0.2, -0.15) is 5.26 Å². The molecule has 1 atom stereocenters. The Morgan fingerprint density at radius 1 is 1.38 bits per heavy atom. The molecule has 1 aromatic carbocycles. The summed E-state index contributed by atoms with van der Waals surface area (Å²) < 4.78 is 1.67. The fraction of sp³-hybridized carbons (Fsp3) is 0.316. The number of hydrogen-bond donors (Lipinski definition) is 1. The summed E-state index contributed by atoms with van der Waals surface area (Å²) in [6, 6.07) is 12.5. The van der Waals surface area contributed by atoms with Crippen LogP contribution >= 0.6 is 0 Å². The van der Waals surface area contributed by atoms with Crippen LogP contribution in [0.1, 0.15) is 41.3 Å². The Morgan fingerprint density at radius 2 is 2.21 bits per heavy atom. The van der Waals surface area contributed by atoms with E-state index in [0.717, 1.165) is 36.1 Å². The third-order valence-corrected chi connectivity index (χ3v) is 4.51. The smallest absolute Gasteiger partial charge is 0.250 e.